The van der Waals surface area contributed by atoms with Gasteiger partial charge in [0, 0.05) is 16.6 Å². The fraction of sp³-hybridized carbons (Fsp3) is 0.125. The molecule has 0 atom stereocenters. The standard InChI is InChI=1S/C16H14N2OS/c1-11-17-9-15(20-11)10-18-16(19)14-7-6-12-4-2-3-5-13(12)8-14/h2-9H,10H2,1H3,(H,18,19). The van der Waals surface area contributed by atoms with Gasteiger partial charge in [0.25, 0.3) is 5.91 Å². The monoisotopic (exact) mass is 282 g/mol. The summed E-state index contributed by atoms with van der Waals surface area (Å²) in [6.45, 7) is 2.48. The average molecular weight is 282 g/mol. The largest absolute Gasteiger partial charge is 0.347 e. The number of benzene rings is 2. The highest BCUT2D eigenvalue weighted by Crippen LogP contribution is 2.16. The lowest BCUT2D eigenvalue weighted by Crippen LogP contribution is -2.22. The molecule has 20 heavy (non-hydrogen) atoms. The first-order valence-corrected chi connectivity index (χ1v) is 7.22. The summed E-state index contributed by atoms with van der Waals surface area (Å²) in [6.07, 6.45) is 1.81. The van der Waals surface area contributed by atoms with Crippen LogP contribution in [0.5, 0.6) is 0 Å². The summed E-state index contributed by atoms with van der Waals surface area (Å²) < 4.78 is 0. The van der Waals surface area contributed by atoms with Crippen LogP contribution in [0, 0.1) is 6.92 Å². The third kappa shape index (κ3) is 2.70. The van der Waals surface area contributed by atoms with E-state index in [2.05, 4.69) is 10.3 Å². The number of nitrogens with zero attached hydrogens (tertiary/aromatic N) is 1. The van der Waals surface area contributed by atoms with Crippen LogP contribution in [0.15, 0.2) is 48.7 Å². The molecular formula is C16H14N2OS. The van der Waals surface area contributed by atoms with Gasteiger partial charge >= 0.3 is 0 Å². The van der Waals surface area contributed by atoms with Crippen molar-refractivity contribution in [1.29, 1.82) is 0 Å². The minimum Gasteiger partial charge on any atom is -0.347 e. The second kappa shape index (κ2) is 5.43. The molecular weight excluding hydrogens is 268 g/mol. The highest BCUT2D eigenvalue weighted by Gasteiger charge is 2.07. The molecule has 1 heterocycles. The van der Waals surface area contributed by atoms with Crippen molar-refractivity contribution >= 4 is 28.0 Å². The number of carbonyl (C=O) groups excluding carboxylic acids is 1. The van der Waals surface area contributed by atoms with Gasteiger partial charge in [-0.1, -0.05) is 30.3 Å². The highest BCUT2D eigenvalue weighted by molar-refractivity contribution is 7.11. The first kappa shape index (κ1) is 12.8. The molecule has 100 valence electrons. The van der Waals surface area contributed by atoms with Crippen molar-refractivity contribution in [2.45, 2.75) is 13.5 Å². The summed E-state index contributed by atoms with van der Waals surface area (Å²) in [5.74, 6) is -0.0539. The van der Waals surface area contributed by atoms with E-state index in [1.807, 2.05) is 49.4 Å². The first-order chi connectivity index (χ1) is 9.72. The number of fused-ring (bicyclic) bond motifs is 1. The zero-order valence-corrected chi connectivity index (χ0v) is 11.9. The lowest BCUT2D eigenvalue weighted by molar-refractivity contribution is 0.0951. The van der Waals surface area contributed by atoms with E-state index in [0.717, 1.165) is 20.7 Å². The molecule has 1 amide bonds. The fourth-order valence-electron chi connectivity index (χ4n) is 2.09. The summed E-state index contributed by atoms with van der Waals surface area (Å²) in [5, 5.41) is 6.16. The SMILES string of the molecule is Cc1ncc(CNC(=O)c2ccc3ccccc3c2)s1. The second-order valence-electron chi connectivity index (χ2n) is 4.59. The topological polar surface area (TPSA) is 42.0 Å². The van der Waals surface area contributed by atoms with E-state index < -0.39 is 0 Å². The predicted octanol–water partition coefficient (Wildman–Crippen LogP) is 3.53. The number of carbonyl (C=O) groups is 1. The molecule has 0 aliphatic rings. The molecule has 0 bridgehead atoms. The Labute approximate surface area is 121 Å². The van der Waals surface area contributed by atoms with Crippen molar-refractivity contribution in [3.8, 4) is 0 Å². The molecule has 0 aliphatic heterocycles. The number of rotatable bonds is 3. The molecule has 1 aromatic heterocycles. The number of amides is 1. The molecule has 0 saturated heterocycles. The van der Waals surface area contributed by atoms with E-state index >= 15 is 0 Å². The third-order valence-corrected chi connectivity index (χ3v) is 4.02. The van der Waals surface area contributed by atoms with Crippen LogP contribution in [0.4, 0.5) is 0 Å². The van der Waals surface area contributed by atoms with Gasteiger partial charge in [-0.25, -0.2) is 4.98 Å². The number of aryl methyl sites for hydroxylation is 1. The Morgan fingerprint density at radius 2 is 2.00 bits per heavy atom. The minimum absolute atomic E-state index is 0.0539. The van der Waals surface area contributed by atoms with Crippen LogP contribution >= 0.6 is 11.3 Å². The Morgan fingerprint density at radius 3 is 2.75 bits per heavy atom. The van der Waals surface area contributed by atoms with Crippen molar-refractivity contribution in [2.75, 3.05) is 0 Å². The number of aromatic nitrogens is 1. The maximum Gasteiger partial charge on any atom is 0.251 e. The zero-order chi connectivity index (χ0) is 13.9. The number of nitrogens with one attached hydrogen (secondary N) is 1. The molecule has 3 nitrogen and oxygen atoms in total. The van der Waals surface area contributed by atoms with Gasteiger partial charge in [-0.2, -0.15) is 0 Å². The van der Waals surface area contributed by atoms with E-state index in [1.165, 1.54) is 0 Å². The highest BCUT2D eigenvalue weighted by atomic mass is 32.1. The van der Waals surface area contributed by atoms with Gasteiger partial charge < -0.3 is 5.32 Å². The molecule has 0 saturated carbocycles. The van der Waals surface area contributed by atoms with Crippen LogP contribution < -0.4 is 5.32 Å². The van der Waals surface area contributed by atoms with Crippen LogP contribution in [-0.2, 0) is 6.54 Å². The average Bonchev–Trinajstić information content (AvgIpc) is 2.90. The molecule has 0 fully saturated rings. The smallest absolute Gasteiger partial charge is 0.251 e. The van der Waals surface area contributed by atoms with Gasteiger partial charge in [0.05, 0.1) is 11.6 Å². The quantitative estimate of drug-likeness (QED) is 0.798. The zero-order valence-electron chi connectivity index (χ0n) is 11.1. The number of hydrogen-bond acceptors (Lipinski definition) is 3. The van der Waals surface area contributed by atoms with Crippen molar-refractivity contribution < 1.29 is 4.79 Å². The number of hydrogen-bond donors (Lipinski definition) is 1. The van der Waals surface area contributed by atoms with Crippen molar-refractivity contribution in [3.05, 3.63) is 64.1 Å². The summed E-state index contributed by atoms with van der Waals surface area (Å²) >= 11 is 1.60. The fourth-order valence-corrected chi connectivity index (χ4v) is 2.82. The Balaban J connectivity index is 1.75. The predicted molar refractivity (Wildman–Crippen MR) is 82.0 cm³/mol. The van der Waals surface area contributed by atoms with Gasteiger partial charge in [-0.3, -0.25) is 4.79 Å². The van der Waals surface area contributed by atoms with Crippen LogP contribution in [0.2, 0.25) is 0 Å². The van der Waals surface area contributed by atoms with E-state index in [9.17, 15) is 4.79 Å². The Bertz CT molecular complexity index is 764. The molecule has 1 N–H and O–H groups in total. The van der Waals surface area contributed by atoms with Crippen LogP contribution in [0.3, 0.4) is 0 Å². The minimum atomic E-state index is -0.0539. The van der Waals surface area contributed by atoms with Crippen LogP contribution in [0.1, 0.15) is 20.2 Å². The molecule has 2 aromatic carbocycles. The summed E-state index contributed by atoms with van der Waals surface area (Å²) in [5.41, 5.74) is 0.685. The Hall–Kier alpha value is -2.20. The first-order valence-electron chi connectivity index (χ1n) is 6.41. The van der Waals surface area contributed by atoms with E-state index in [-0.39, 0.29) is 5.91 Å². The number of thiazole rings is 1. The van der Waals surface area contributed by atoms with Crippen molar-refractivity contribution in [3.63, 3.8) is 0 Å². The molecule has 0 unspecified atom stereocenters. The summed E-state index contributed by atoms with van der Waals surface area (Å²) in [6, 6.07) is 13.8. The summed E-state index contributed by atoms with van der Waals surface area (Å²) in [7, 11) is 0. The van der Waals surface area contributed by atoms with Gasteiger partial charge in [0.1, 0.15) is 0 Å². The molecule has 0 aliphatic carbocycles. The van der Waals surface area contributed by atoms with Crippen molar-refractivity contribution in [1.82, 2.24) is 10.3 Å². The van der Waals surface area contributed by atoms with Gasteiger partial charge in [0.2, 0.25) is 0 Å². The van der Waals surface area contributed by atoms with Crippen molar-refractivity contribution in [2.24, 2.45) is 0 Å². The maximum atomic E-state index is 12.1. The van der Waals surface area contributed by atoms with Crippen LogP contribution in [0.25, 0.3) is 10.8 Å². The van der Waals surface area contributed by atoms with E-state index in [4.69, 9.17) is 0 Å². The van der Waals surface area contributed by atoms with Gasteiger partial charge in [-0.05, 0) is 29.8 Å². The lowest BCUT2D eigenvalue weighted by atomic mass is 10.1. The molecule has 3 rings (SSSR count). The van der Waals surface area contributed by atoms with Crippen LogP contribution in [-0.4, -0.2) is 10.9 Å². The van der Waals surface area contributed by atoms with Gasteiger partial charge in [-0.15, -0.1) is 11.3 Å². The maximum absolute atomic E-state index is 12.1. The molecule has 0 spiro atoms. The van der Waals surface area contributed by atoms with E-state index in [0.29, 0.717) is 12.1 Å². The Kier molecular flexibility index (Phi) is 3.48. The second-order valence-corrected chi connectivity index (χ2v) is 5.91. The third-order valence-electron chi connectivity index (χ3n) is 3.10. The van der Waals surface area contributed by atoms with E-state index in [1.54, 1.807) is 17.5 Å². The summed E-state index contributed by atoms with van der Waals surface area (Å²) in [4.78, 5) is 17.4. The van der Waals surface area contributed by atoms with Gasteiger partial charge in [0.15, 0.2) is 0 Å². The molecule has 0 radical (unpaired) electrons. The lowest BCUT2D eigenvalue weighted by Gasteiger charge is -2.05. The molecule has 4 heteroatoms. The Morgan fingerprint density at radius 1 is 1.20 bits per heavy atom. The normalized spacial score (nSPS) is 10.7. The molecule has 3 aromatic rings.